The lowest BCUT2D eigenvalue weighted by Gasteiger charge is -2.26. The molecular weight excluding hydrogens is 221 g/mol. The molecule has 1 heterocycles. The van der Waals surface area contributed by atoms with E-state index >= 15 is 0 Å². The highest BCUT2D eigenvalue weighted by molar-refractivity contribution is 8.00. The molecule has 1 aliphatic heterocycles. The molecule has 1 aromatic rings. The van der Waals surface area contributed by atoms with Gasteiger partial charge in [0.15, 0.2) is 0 Å². The SMILES string of the molecule is CC1(C)N=C(Cl)c2cccc(F)c2S1. The van der Waals surface area contributed by atoms with Crippen molar-refractivity contribution in [3.63, 3.8) is 0 Å². The molecule has 0 N–H and O–H groups in total. The van der Waals surface area contributed by atoms with E-state index in [4.69, 9.17) is 11.6 Å². The minimum Gasteiger partial charge on any atom is -0.255 e. The van der Waals surface area contributed by atoms with E-state index in [2.05, 4.69) is 4.99 Å². The van der Waals surface area contributed by atoms with Crippen LogP contribution in [0.25, 0.3) is 0 Å². The van der Waals surface area contributed by atoms with Gasteiger partial charge >= 0.3 is 0 Å². The topological polar surface area (TPSA) is 12.4 Å². The van der Waals surface area contributed by atoms with Crippen LogP contribution < -0.4 is 0 Å². The third-order valence-corrected chi connectivity index (χ3v) is 3.41. The molecule has 74 valence electrons. The first kappa shape index (κ1) is 9.99. The lowest BCUT2D eigenvalue weighted by molar-refractivity contribution is 0.597. The summed E-state index contributed by atoms with van der Waals surface area (Å²) in [4.78, 5) is 4.49. The Morgan fingerprint density at radius 1 is 1.43 bits per heavy atom. The van der Waals surface area contributed by atoms with E-state index in [-0.39, 0.29) is 10.7 Å². The Morgan fingerprint density at radius 3 is 2.86 bits per heavy atom. The average molecular weight is 230 g/mol. The van der Waals surface area contributed by atoms with Gasteiger partial charge < -0.3 is 0 Å². The summed E-state index contributed by atoms with van der Waals surface area (Å²) >= 11 is 7.37. The zero-order valence-electron chi connectivity index (χ0n) is 7.84. The first-order valence-corrected chi connectivity index (χ1v) is 5.42. The Hall–Kier alpha value is -0.540. The van der Waals surface area contributed by atoms with Gasteiger partial charge in [0.1, 0.15) is 15.9 Å². The van der Waals surface area contributed by atoms with E-state index < -0.39 is 0 Å². The van der Waals surface area contributed by atoms with Crippen LogP contribution in [-0.2, 0) is 0 Å². The fourth-order valence-corrected chi connectivity index (χ4v) is 2.90. The second-order valence-electron chi connectivity index (χ2n) is 3.57. The van der Waals surface area contributed by atoms with Crippen molar-refractivity contribution in [3.8, 4) is 0 Å². The Labute approximate surface area is 91.4 Å². The maximum Gasteiger partial charge on any atom is 0.137 e. The monoisotopic (exact) mass is 229 g/mol. The number of thioether (sulfide) groups is 1. The van der Waals surface area contributed by atoms with E-state index in [0.717, 1.165) is 0 Å². The maximum atomic E-state index is 13.5. The molecule has 0 spiro atoms. The fraction of sp³-hybridized carbons (Fsp3) is 0.300. The number of hydrogen-bond donors (Lipinski definition) is 0. The first-order valence-electron chi connectivity index (χ1n) is 4.23. The third-order valence-electron chi connectivity index (χ3n) is 1.91. The smallest absolute Gasteiger partial charge is 0.137 e. The van der Waals surface area contributed by atoms with Gasteiger partial charge in [0, 0.05) is 5.56 Å². The van der Waals surface area contributed by atoms with Gasteiger partial charge in [0.2, 0.25) is 0 Å². The van der Waals surface area contributed by atoms with E-state index in [1.54, 1.807) is 12.1 Å². The summed E-state index contributed by atoms with van der Waals surface area (Å²) in [6.45, 7) is 3.82. The molecule has 1 nitrogen and oxygen atoms in total. The van der Waals surface area contributed by atoms with Crippen LogP contribution in [0.3, 0.4) is 0 Å². The van der Waals surface area contributed by atoms with Gasteiger partial charge in [-0.1, -0.05) is 35.5 Å². The van der Waals surface area contributed by atoms with Gasteiger partial charge in [0.25, 0.3) is 0 Å². The van der Waals surface area contributed by atoms with Crippen LogP contribution in [0.1, 0.15) is 19.4 Å². The Morgan fingerprint density at radius 2 is 2.14 bits per heavy atom. The number of hydrogen-bond acceptors (Lipinski definition) is 2. The van der Waals surface area contributed by atoms with Crippen molar-refractivity contribution in [2.24, 2.45) is 4.99 Å². The Balaban J connectivity index is 2.62. The van der Waals surface area contributed by atoms with E-state index in [1.807, 2.05) is 13.8 Å². The molecular formula is C10H9ClFNS. The van der Waals surface area contributed by atoms with Gasteiger partial charge in [-0.3, -0.25) is 4.99 Å². The van der Waals surface area contributed by atoms with Crippen molar-refractivity contribution in [3.05, 3.63) is 29.6 Å². The van der Waals surface area contributed by atoms with Crippen LogP contribution >= 0.6 is 23.4 Å². The minimum atomic E-state index is -0.383. The molecule has 1 aromatic carbocycles. The Bertz CT molecular complexity index is 415. The number of nitrogens with zero attached hydrogens (tertiary/aromatic N) is 1. The first-order chi connectivity index (χ1) is 6.49. The number of halogens is 2. The van der Waals surface area contributed by atoms with Crippen molar-refractivity contribution in [2.75, 3.05) is 0 Å². The van der Waals surface area contributed by atoms with Crippen molar-refractivity contribution < 1.29 is 4.39 Å². The predicted octanol–water partition coefficient (Wildman–Crippen LogP) is 3.65. The van der Waals surface area contributed by atoms with Crippen molar-refractivity contribution >= 4 is 28.5 Å². The lowest BCUT2D eigenvalue weighted by Crippen LogP contribution is -2.19. The van der Waals surface area contributed by atoms with Gasteiger partial charge in [-0.05, 0) is 19.9 Å². The number of rotatable bonds is 0. The van der Waals surface area contributed by atoms with E-state index in [9.17, 15) is 4.39 Å². The molecule has 0 saturated carbocycles. The summed E-state index contributed by atoms with van der Waals surface area (Å²) < 4.78 is 13.5. The third kappa shape index (κ3) is 1.66. The molecule has 0 radical (unpaired) electrons. The quantitative estimate of drug-likeness (QED) is 0.662. The van der Waals surface area contributed by atoms with E-state index in [0.29, 0.717) is 15.6 Å². The summed E-state index contributed by atoms with van der Waals surface area (Å²) in [5.74, 6) is -0.228. The molecule has 0 fully saturated rings. The highest BCUT2D eigenvalue weighted by Gasteiger charge is 2.28. The minimum absolute atomic E-state index is 0.228. The highest BCUT2D eigenvalue weighted by atomic mass is 35.5. The molecule has 0 bridgehead atoms. The molecule has 0 unspecified atom stereocenters. The van der Waals surface area contributed by atoms with Crippen LogP contribution in [0, 0.1) is 5.82 Å². The zero-order chi connectivity index (χ0) is 10.3. The van der Waals surface area contributed by atoms with Gasteiger partial charge in [0.05, 0.1) is 4.90 Å². The summed E-state index contributed by atoms with van der Waals surface area (Å²) in [5.41, 5.74) is 0.691. The summed E-state index contributed by atoms with van der Waals surface area (Å²) in [5, 5.41) is 0.392. The normalized spacial score (nSPS) is 18.7. The van der Waals surface area contributed by atoms with Crippen molar-refractivity contribution in [2.45, 2.75) is 23.6 Å². The molecule has 1 aliphatic rings. The van der Waals surface area contributed by atoms with Crippen LogP contribution in [0.4, 0.5) is 4.39 Å². The highest BCUT2D eigenvalue weighted by Crippen LogP contribution is 2.42. The molecule has 4 heteroatoms. The number of aliphatic imine (C=N–C) groups is 1. The van der Waals surface area contributed by atoms with Crippen molar-refractivity contribution in [1.82, 2.24) is 0 Å². The average Bonchev–Trinajstić information content (AvgIpc) is 2.05. The summed E-state index contributed by atoms with van der Waals surface area (Å²) in [6, 6.07) is 4.87. The summed E-state index contributed by atoms with van der Waals surface area (Å²) in [7, 11) is 0. The number of fused-ring (bicyclic) bond motifs is 1. The number of benzene rings is 1. The summed E-state index contributed by atoms with van der Waals surface area (Å²) in [6.07, 6.45) is 0. The Kier molecular flexibility index (Phi) is 2.32. The van der Waals surface area contributed by atoms with Gasteiger partial charge in [-0.15, -0.1) is 0 Å². The van der Waals surface area contributed by atoms with Gasteiger partial charge in [-0.25, -0.2) is 4.39 Å². The molecule has 0 atom stereocenters. The van der Waals surface area contributed by atoms with Gasteiger partial charge in [-0.2, -0.15) is 0 Å². The van der Waals surface area contributed by atoms with E-state index in [1.165, 1.54) is 17.8 Å². The molecule has 2 rings (SSSR count). The molecule has 14 heavy (non-hydrogen) atoms. The zero-order valence-corrected chi connectivity index (χ0v) is 9.42. The van der Waals surface area contributed by atoms with Crippen LogP contribution in [-0.4, -0.2) is 10.0 Å². The largest absolute Gasteiger partial charge is 0.255 e. The van der Waals surface area contributed by atoms with Crippen LogP contribution in [0.2, 0.25) is 0 Å². The van der Waals surface area contributed by atoms with Crippen molar-refractivity contribution in [1.29, 1.82) is 0 Å². The van der Waals surface area contributed by atoms with Crippen LogP contribution in [0.5, 0.6) is 0 Å². The lowest BCUT2D eigenvalue weighted by atomic mass is 10.2. The predicted molar refractivity (Wildman–Crippen MR) is 58.7 cm³/mol. The molecule has 0 aliphatic carbocycles. The molecule has 0 aromatic heterocycles. The second kappa shape index (κ2) is 3.24. The maximum absolute atomic E-state index is 13.5. The second-order valence-corrected chi connectivity index (χ2v) is 5.54. The molecule has 0 amide bonds. The standard InChI is InChI=1S/C10H9ClFNS/c1-10(2)13-9(11)6-4-3-5-7(12)8(6)14-10/h3-5H,1-2H3. The van der Waals surface area contributed by atoms with Crippen LogP contribution in [0.15, 0.2) is 28.1 Å². The molecule has 0 saturated heterocycles. The fourth-order valence-electron chi connectivity index (χ4n) is 1.34.